The Labute approximate surface area is 34.7 Å². The molecule has 0 spiro atoms. The van der Waals surface area contributed by atoms with Gasteiger partial charge >= 0.3 is 6.35 Å². The second-order valence-corrected chi connectivity index (χ2v) is 1.26. The van der Waals surface area contributed by atoms with Crippen molar-refractivity contribution >= 4 is 0 Å². The number of hydrogen-bond acceptors (Lipinski definition) is 4. The van der Waals surface area contributed by atoms with Crippen LogP contribution in [0.15, 0.2) is 0 Å². The molecule has 0 bridgehead atoms. The van der Waals surface area contributed by atoms with E-state index in [2.05, 4.69) is 4.84 Å². The van der Waals surface area contributed by atoms with Gasteiger partial charge in [-0.15, -0.1) is 11.7 Å². The molecule has 0 aliphatic carbocycles. The Morgan fingerprint density at radius 2 is 1.67 bits per heavy atom. The van der Waals surface area contributed by atoms with E-state index >= 15 is 0 Å². The molecule has 0 saturated carbocycles. The molecular formula is CH7N4O+. The third-order valence-corrected chi connectivity index (χ3v) is 0.643. The number of hydrogen-bond donors (Lipinski definition) is 3. The van der Waals surface area contributed by atoms with Crippen molar-refractivity contribution in [2.75, 3.05) is 0 Å². The third kappa shape index (κ3) is 0.385. The smallest absolute Gasteiger partial charge is 0.246 e. The van der Waals surface area contributed by atoms with E-state index in [-0.39, 0.29) is 0 Å². The summed E-state index contributed by atoms with van der Waals surface area (Å²) in [6.07, 6.45) is -0.509. The quantitative estimate of drug-likeness (QED) is 0.178. The lowest BCUT2D eigenvalue weighted by Crippen LogP contribution is -2.45. The van der Waals surface area contributed by atoms with Gasteiger partial charge in [0.2, 0.25) is 0 Å². The van der Waals surface area contributed by atoms with Gasteiger partial charge < -0.3 is 0 Å². The van der Waals surface area contributed by atoms with E-state index in [1.54, 1.807) is 0 Å². The summed E-state index contributed by atoms with van der Waals surface area (Å²) in [4.78, 5) is 3.89. The fourth-order valence-corrected chi connectivity index (χ4v) is 0.160. The topological polar surface area (TPSA) is 90.6 Å². The van der Waals surface area contributed by atoms with Gasteiger partial charge in [0.1, 0.15) is 0 Å². The Morgan fingerprint density at radius 3 is 1.67 bits per heavy atom. The standard InChI is InChI=1S/CH7N4O/c2-1-5(3,4)6-1/h1H,2-4H2/q+1. The third-order valence-electron chi connectivity index (χ3n) is 0.643. The predicted molar refractivity (Wildman–Crippen MR) is 17.7 cm³/mol. The van der Waals surface area contributed by atoms with Crippen molar-refractivity contribution in [3.05, 3.63) is 0 Å². The molecule has 1 heterocycles. The van der Waals surface area contributed by atoms with Crippen LogP contribution < -0.4 is 17.4 Å². The minimum atomic E-state index is -0.509. The predicted octanol–water partition coefficient (Wildman–Crippen LogP) is -2.26. The molecule has 1 rings (SSSR count). The maximum absolute atomic E-state index is 5.00. The summed E-state index contributed by atoms with van der Waals surface area (Å²) in [5, 5.41) is 0. The molecule has 5 heteroatoms. The Bertz CT molecular complexity index is 69.9. The van der Waals surface area contributed by atoms with Crippen molar-refractivity contribution in [1.29, 1.82) is 0 Å². The zero-order chi connectivity index (χ0) is 4.78. The highest BCUT2D eigenvalue weighted by Crippen LogP contribution is 2.12. The molecule has 1 saturated heterocycles. The SMILES string of the molecule is NC1O[N+]1(N)N. The minimum absolute atomic E-state index is 0.486. The van der Waals surface area contributed by atoms with Crippen LogP contribution in [0.5, 0.6) is 0 Å². The van der Waals surface area contributed by atoms with Crippen molar-refractivity contribution in [2.45, 2.75) is 6.35 Å². The van der Waals surface area contributed by atoms with Gasteiger partial charge in [-0.25, -0.2) is 5.73 Å². The normalized spacial score (nSPS) is 39.5. The fourth-order valence-electron chi connectivity index (χ4n) is 0.160. The Balaban J connectivity index is 2.41. The second kappa shape index (κ2) is 0.722. The molecule has 5 nitrogen and oxygen atoms in total. The van der Waals surface area contributed by atoms with E-state index in [4.69, 9.17) is 17.4 Å². The highest BCUT2D eigenvalue weighted by molar-refractivity contribution is 4.22. The molecule has 1 aliphatic heterocycles. The fraction of sp³-hybridized carbons (Fsp3) is 1.00. The van der Waals surface area contributed by atoms with Gasteiger partial charge in [0, 0.05) is 4.86 Å². The Hall–Kier alpha value is -0.200. The first-order valence-corrected chi connectivity index (χ1v) is 1.53. The van der Waals surface area contributed by atoms with Gasteiger partial charge in [-0.3, -0.25) is 0 Å². The molecule has 0 radical (unpaired) electrons. The van der Waals surface area contributed by atoms with Crippen molar-refractivity contribution in [1.82, 2.24) is 0 Å². The zero-order valence-corrected chi connectivity index (χ0v) is 3.16. The minimum Gasteiger partial charge on any atom is -0.246 e. The average Bonchev–Trinajstić information content (AvgIpc) is 1.73. The summed E-state index contributed by atoms with van der Waals surface area (Å²) < 4.78 is 0. The summed E-state index contributed by atoms with van der Waals surface area (Å²) in [5.74, 6) is 9.95. The number of hydroxylamine groups is 1. The lowest BCUT2D eigenvalue weighted by Gasteiger charge is -1.87. The molecule has 36 valence electrons. The first-order valence-electron chi connectivity index (χ1n) is 1.53. The molecule has 0 aromatic heterocycles. The molecule has 1 unspecified atom stereocenters. The van der Waals surface area contributed by atoms with Gasteiger partial charge in [-0.1, -0.05) is 4.84 Å². The van der Waals surface area contributed by atoms with Crippen LogP contribution in [0.25, 0.3) is 0 Å². The number of nitrogens with two attached hydrogens (primary N) is 3. The van der Waals surface area contributed by atoms with E-state index in [0.717, 1.165) is 0 Å². The molecule has 0 aromatic carbocycles. The van der Waals surface area contributed by atoms with Crippen LogP contribution in [-0.2, 0) is 4.84 Å². The van der Waals surface area contributed by atoms with Gasteiger partial charge in [0.05, 0.1) is 0 Å². The van der Waals surface area contributed by atoms with E-state index in [1.807, 2.05) is 0 Å². The van der Waals surface area contributed by atoms with Crippen molar-refractivity contribution < 1.29 is 9.70 Å². The van der Waals surface area contributed by atoms with Gasteiger partial charge in [-0.05, 0) is 0 Å². The van der Waals surface area contributed by atoms with Crippen LogP contribution in [0.1, 0.15) is 0 Å². The van der Waals surface area contributed by atoms with Gasteiger partial charge in [-0.2, -0.15) is 0 Å². The van der Waals surface area contributed by atoms with E-state index in [9.17, 15) is 0 Å². The first kappa shape index (κ1) is 3.97. The second-order valence-electron chi connectivity index (χ2n) is 1.26. The molecule has 6 heavy (non-hydrogen) atoms. The van der Waals surface area contributed by atoms with Crippen molar-refractivity contribution in [3.63, 3.8) is 0 Å². The average molecular weight is 91.1 g/mol. The lowest BCUT2D eigenvalue weighted by atomic mass is 11.1. The number of rotatable bonds is 0. The van der Waals surface area contributed by atoms with Crippen LogP contribution in [0.2, 0.25) is 0 Å². The molecule has 0 aromatic rings. The maximum Gasteiger partial charge on any atom is 0.371 e. The zero-order valence-electron chi connectivity index (χ0n) is 3.16. The summed E-state index contributed by atoms with van der Waals surface area (Å²) in [7, 11) is 0. The van der Waals surface area contributed by atoms with Gasteiger partial charge in [0.15, 0.2) is 0 Å². The van der Waals surface area contributed by atoms with E-state index in [0.29, 0.717) is 0 Å². The Morgan fingerprint density at radius 1 is 1.50 bits per heavy atom. The molecule has 0 amide bonds. The molecular weight excluding hydrogens is 84.0 g/mol. The van der Waals surface area contributed by atoms with E-state index in [1.165, 1.54) is 0 Å². The molecule has 6 N–H and O–H groups in total. The first-order chi connectivity index (χ1) is 2.63. The monoisotopic (exact) mass is 91.1 g/mol. The van der Waals surface area contributed by atoms with E-state index < -0.39 is 11.2 Å². The van der Waals surface area contributed by atoms with Crippen LogP contribution in [0.3, 0.4) is 0 Å². The van der Waals surface area contributed by atoms with Crippen LogP contribution in [0, 0.1) is 0 Å². The summed E-state index contributed by atoms with van der Waals surface area (Å²) in [6.45, 7) is 0. The van der Waals surface area contributed by atoms with Crippen LogP contribution in [0.4, 0.5) is 0 Å². The lowest BCUT2D eigenvalue weighted by molar-refractivity contribution is -0.945. The largest absolute Gasteiger partial charge is 0.371 e. The van der Waals surface area contributed by atoms with Crippen molar-refractivity contribution in [2.24, 2.45) is 17.4 Å². The Kier molecular flexibility index (Phi) is 0.478. The molecule has 1 fully saturated rings. The summed E-state index contributed by atoms with van der Waals surface area (Å²) >= 11 is 0. The maximum atomic E-state index is 5.00. The van der Waals surface area contributed by atoms with Crippen molar-refractivity contribution in [3.8, 4) is 0 Å². The highest BCUT2D eigenvalue weighted by atomic mass is 16.9. The molecule has 1 atom stereocenters. The number of nitrogens with zero attached hydrogens (tertiary/aromatic N) is 1. The van der Waals surface area contributed by atoms with Crippen LogP contribution in [-0.4, -0.2) is 11.2 Å². The van der Waals surface area contributed by atoms with Crippen LogP contribution >= 0.6 is 0 Å². The molecule has 1 aliphatic rings. The summed E-state index contributed by atoms with van der Waals surface area (Å²) in [6, 6.07) is 0. The number of quaternary nitrogens is 1. The highest BCUT2D eigenvalue weighted by Gasteiger charge is 2.52. The summed E-state index contributed by atoms with van der Waals surface area (Å²) in [5.41, 5.74) is 5.00. The van der Waals surface area contributed by atoms with Gasteiger partial charge in [0.25, 0.3) is 0 Å².